The Labute approximate surface area is 147 Å². The third-order valence-electron chi connectivity index (χ3n) is 3.37. The third-order valence-corrected chi connectivity index (χ3v) is 4.70. The maximum atomic E-state index is 12.4. The average molecular weight is 385 g/mol. The van der Waals surface area contributed by atoms with Gasteiger partial charge >= 0.3 is 6.61 Å². The summed E-state index contributed by atoms with van der Waals surface area (Å²) in [6, 6.07) is 8.72. The third kappa shape index (κ3) is 4.02. The molecule has 0 atom stereocenters. The lowest BCUT2D eigenvalue weighted by molar-refractivity contribution is -0.0498. The molecule has 1 heterocycles. The van der Waals surface area contributed by atoms with Crippen molar-refractivity contribution < 1.29 is 36.2 Å². The molecule has 0 saturated heterocycles. The predicted octanol–water partition coefficient (Wildman–Crippen LogP) is 2.18. The van der Waals surface area contributed by atoms with Gasteiger partial charge in [-0.25, -0.2) is 13.1 Å². The molecular formula is C16H13F2NO6S. The maximum absolute atomic E-state index is 12.4. The Morgan fingerprint density at radius 1 is 1.08 bits per heavy atom. The number of fused-ring (bicyclic) bond motifs is 1. The van der Waals surface area contributed by atoms with Crippen molar-refractivity contribution in [1.82, 2.24) is 4.72 Å². The molecular weight excluding hydrogens is 372 g/mol. The van der Waals surface area contributed by atoms with Crippen molar-refractivity contribution in [3.8, 4) is 17.2 Å². The fourth-order valence-electron chi connectivity index (χ4n) is 2.24. The molecule has 0 aliphatic carbocycles. The molecule has 2 aromatic carbocycles. The number of carbonyl (C=O) groups excluding carboxylic acids is 1. The lowest BCUT2D eigenvalue weighted by atomic mass is 10.2. The van der Waals surface area contributed by atoms with E-state index >= 15 is 0 Å². The SMILES string of the molecule is O=C(NS(=O)(=O)c1ccc2c(c1)OCCO2)c1cccc(OC(F)F)c1. The molecule has 7 nitrogen and oxygen atoms in total. The van der Waals surface area contributed by atoms with E-state index in [9.17, 15) is 22.0 Å². The van der Waals surface area contributed by atoms with Crippen LogP contribution in [0.2, 0.25) is 0 Å². The molecule has 26 heavy (non-hydrogen) atoms. The summed E-state index contributed by atoms with van der Waals surface area (Å²) in [4.78, 5) is 12.0. The molecule has 0 fully saturated rings. The highest BCUT2D eigenvalue weighted by Crippen LogP contribution is 2.32. The maximum Gasteiger partial charge on any atom is 0.387 e. The van der Waals surface area contributed by atoms with E-state index in [1.807, 2.05) is 4.72 Å². The number of hydrogen-bond acceptors (Lipinski definition) is 6. The van der Waals surface area contributed by atoms with E-state index < -0.39 is 22.5 Å². The smallest absolute Gasteiger partial charge is 0.387 e. The number of carbonyl (C=O) groups is 1. The number of sulfonamides is 1. The van der Waals surface area contributed by atoms with Gasteiger partial charge in [-0.15, -0.1) is 0 Å². The second-order valence-electron chi connectivity index (χ2n) is 5.15. The standard InChI is InChI=1S/C16H13F2NO6S/c17-16(18)25-11-3-1-2-10(8-11)15(20)19-26(21,22)12-4-5-13-14(9-12)24-7-6-23-13/h1-5,8-9,16H,6-7H2,(H,19,20). The molecule has 0 bridgehead atoms. The summed E-state index contributed by atoms with van der Waals surface area (Å²) < 4.78 is 65.9. The van der Waals surface area contributed by atoms with E-state index in [1.165, 1.54) is 36.4 Å². The van der Waals surface area contributed by atoms with Crippen LogP contribution in [0, 0.1) is 0 Å². The summed E-state index contributed by atoms with van der Waals surface area (Å²) in [5.74, 6) is -0.596. The summed E-state index contributed by atoms with van der Waals surface area (Å²) in [6.45, 7) is -2.43. The second kappa shape index (κ2) is 7.16. The molecule has 2 aromatic rings. The Morgan fingerprint density at radius 3 is 2.54 bits per heavy atom. The van der Waals surface area contributed by atoms with Gasteiger partial charge in [-0.05, 0) is 30.3 Å². The molecule has 3 rings (SSSR count). The van der Waals surface area contributed by atoms with E-state index in [1.54, 1.807) is 0 Å². The van der Waals surface area contributed by atoms with Crippen molar-refractivity contribution in [2.45, 2.75) is 11.5 Å². The number of alkyl halides is 2. The monoisotopic (exact) mass is 385 g/mol. The average Bonchev–Trinajstić information content (AvgIpc) is 2.60. The molecule has 138 valence electrons. The zero-order valence-electron chi connectivity index (χ0n) is 13.1. The molecule has 10 heteroatoms. The van der Waals surface area contributed by atoms with Gasteiger partial charge in [-0.2, -0.15) is 8.78 Å². The number of nitrogens with one attached hydrogen (secondary N) is 1. The van der Waals surface area contributed by atoms with Gasteiger partial charge in [-0.1, -0.05) is 6.07 Å². The fraction of sp³-hybridized carbons (Fsp3) is 0.188. The number of amides is 1. The Hall–Kier alpha value is -2.88. The summed E-state index contributed by atoms with van der Waals surface area (Å²) in [7, 11) is -4.20. The minimum atomic E-state index is -4.20. The van der Waals surface area contributed by atoms with Crippen LogP contribution in [0.15, 0.2) is 47.4 Å². The number of hydrogen-bond donors (Lipinski definition) is 1. The minimum Gasteiger partial charge on any atom is -0.486 e. The van der Waals surface area contributed by atoms with Gasteiger partial charge in [-0.3, -0.25) is 4.79 Å². The van der Waals surface area contributed by atoms with Crippen LogP contribution in [-0.2, 0) is 10.0 Å². The molecule has 1 N–H and O–H groups in total. The quantitative estimate of drug-likeness (QED) is 0.848. The molecule has 0 aromatic heterocycles. The van der Waals surface area contributed by atoms with E-state index in [4.69, 9.17) is 9.47 Å². The Balaban J connectivity index is 1.80. The van der Waals surface area contributed by atoms with Crippen molar-refractivity contribution in [2.75, 3.05) is 13.2 Å². The molecule has 0 unspecified atom stereocenters. The summed E-state index contributed by atoms with van der Waals surface area (Å²) in [5, 5.41) is 0. The minimum absolute atomic E-state index is 0.149. The zero-order chi connectivity index (χ0) is 18.7. The highest BCUT2D eigenvalue weighted by Gasteiger charge is 2.22. The molecule has 0 saturated carbocycles. The lowest BCUT2D eigenvalue weighted by Crippen LogP contribution is -2.30. The topological polar surface area (TPSA) is 90.9 Å². The number of halogens is 2. The Kier molecular flexibility index (Phi) is 4.94. The molecule has 1 aliphatic heterocycles. The van der Waals surface area contributed by atoms with Crippen LogP contribution in [-0.4, -0.2) is 34.2 Å². The molecule has 1 aliphatic rings. The fourth-order valence-corrected chi connectivity index (χ4v) is 3.23. The lowest BCUT2D eigenvalue weighted by Gasteiger charge is -2.18. The van der Waals surface area contributed by atoms with Crippen LogP contribution in [0.1, 0.15) is 10.4 Å². The number of benzene rings is 2. The highest BCUT2D eigenvalue weighted by atomic mass is 32.2. The first-order valence-electron chi connectivity index (χ1n) is 7.37. The molecule has 0 radical (unpaired) electrons. The van der Waals surface area contributed by atoms with E-state index in [2.05, 4.69) is 4.74 Å². The van der Waals surface area contributed by atoms with Gasteiger partial charge < -0.3 is 14.2 Å². The van der Waals surface area contributed by atoms with E-state index in [-0.39, 0.29) is 28.6 Å². The second-order valence-corrected chi connectivity index (χ2v) is 6.83. The zero-order valence-corrected chi connectivity index (χ0v) is 14.0. The van der Waals surface area contributed by atoms with Gasteiger partial charge in [0.05, 0.1) is 4.90 Å². The van der Waals surface area contributed by atoms with Crippen LogP contribution in [0.4, 0.5) is 8.78 Å². The first-order chi connectivity index (χ1) is 12.3. The van der Waals surface area contributed by atoms with Crippen LogP contribution < -0.4 is 18.9 Å². The number of ether oxygens (including phenoxy) is 3. The molecule has 1 amide bonds. The van der Waals surface area contributed by atoms with Crippen LogP contribution >= 0.6 is 0 Å². The normalized spacial score (nSPS) is 13.3. The highest BCUT2D eigenvalue weighted by molar-refractivity contribution is 7.90. The largest absolute Gasteiger partial charge is 0.486 e. The van der Waals surface area contributed by atoms with Crippen LogP contribution in [0.3, 0.4) is 0 Å². The Bertz CT molecular complexity index is 932. The van der Waals surface area contributed by atoms with Crippen molar-refractivity contribution in [1.29, 1.82) is 0 Å². The Morgan fingerprint density at radius 2 is 1.81 bits per heavy atom. The van der Waals surface area contributed by atoms with Crippen LogP contribution in [0.25, 0.3) is 0 Å². The predicted molar refractivity (Wildman–Crippen MR) is 85.2 cm³/mol. The summed E-state index contributed by atoms with van der Waals surface area (Å²) >= 11 is 0. The van der Waals surface area contributed by atoms with Gasteiger partial charge in [0.15, 0.2) is 11.5 Å². The summed E-state index contributed by atoms with van der Waals surface area (Å²) in [5.41, 5.74) is -0.149. The van der Waals surface area contributed by atoms with E-state index in [0.717, 1.165) is 6.07 Å². The summed E-state index contributed by atoms with van der Waals surface area (Å²) in [6.07, 6.45) is 0. The van der Waals surface area contributed by atoms with Crippen molar-refractivity contribution in [2.24, 2.45) is 0 Å². The van der Waals surface area contributed by atoms with Crippen molar-refractivity contribution in [3.63, 3.8) is 0 Å². The first-order valence-corrected chi connectivity index (χ1v) is 8.85. The van der Waals surface area contributed by atoms with Gasteiger partial charge in [0.1, 0.15) is 19.0 Å². The van der Waals surface area contributed by atoms with E-state index in [0.29, 0.717) is 12.4 Å². The van der Waals surface area contributed by atoms with Gasteiger partial charge in [0.2, 0.25) is 0 Å². The molecule has 0 spiro atoms. The first kappa shape index (κ1) is 17.9. The number of rotatable bonds is 5. The van der Waals surface area contributed by atoms with Crippen molar-refractivity contribution in [3.05, 3.63) is 48.0 Å². The van der Waals surface area contributed by atoms with Crippen LogP contribution in [0.5, 0.6) is 17.2 Å². The van der Waals surface area contributed by atoms with Crippen molar-refractivity contribution >= 4 is 15.9 Å². The van der Waals surface area contributed by atoms with Gasteiger partial charge in [0.25, 0.3) is 15.9 Å². The van der Waals surface area contributed by atoms with Gasteiger partial charge in [0, 0.05) is 11.6 Å².